The highest BCUT2D eigenvalue weighted by Gasteiger charge is 2.42. The van der Waals surface area contributed by atoms with E-state index in [1.165, 1.54) is 43.4 Å². The van der Waals surface area contributed by atoms with Crippen molar-refractivity contribution in [2.75, 3.05) is 13.2 Å². The van der Waals surface area contributed by atoms with E-state index in [4.69, 9.17) is 4.74 Å². The summed E-state index contributed by atoms with van der Waals surface area (Å²) in [6.07, 6.45) is 9.45. The highest BCUT2D eigenvalue weighted by atomic mass is 16.5. The Morgan fingerprint density at radius 2 is 2.24 bits per heavy atom. The number of pyridine rings is 1. The van der Waals surface area contributed by atoms with Crippen molar-refractivity contribution in [1.82, 2.24) is 10.3 Å². The molecular weight excluding hydrogens is 260 g/mol. The van der Waals surface area contributed by atoms with Crippen LogP contribution in [0.15, 0.2) is 18.3 Å². The summed E-state index contributed by atoms with van der Waals surface area (Å²) in [6, 6.07) is 4.58. The van der Waals surface area contributed by atoms with E-state index in [0.29, 0.717) is 12.0 Å². The molecular formula is C18H28N2O. The lowest BCUT2D eigenvalue weighted by Gasteiger charge is -2.41. The van der Waals surface area contributed by atoms with Crippen molar-refractivity contribution in [1.29, 1.82) is 0 Å². The van der Waals surface area contributed by atoms with Crippen molar-refractivity contribution in [2.24, 2.45) is 5.92 Å². The summed E-state index contributed by atoms with van der Waals surface area (Å²) < 4.78 is 6.20. The van der Waals surface area contributed by atoms with E-state index < -0.39 is 0 Å². The molecule has 2 heterocycles. The lowest BCUT2D eigenvalue weighted by atomic mass is 9.79. The molecule has 1 aliphatic heterocycles. The topological polar surface area (TPSA) is 34.2 Å². The summed E-state index contributed by atoms with van der Waals surface area (Å²) in [5.74, 6) is 0.644. The molecule has 0 amide bonds. The first-order valence-electron chi connectivity index (χ1n) is 8.53. The maximum atomic E-state index is 6.20. The largest absolute Gasteiger partial charge is 0.375 e. The molecule has 0 aromatic carbocycles. The lowest BCUT2D eigenvalue weighted by Crippen LogP contribution is -2.42. The number of ether oxygens (including phenoxy) is 1. The average Bonchev–Trinajstić information content (AvgIpc) is 2.93. The van der Waals surface area contributed by atoms with Gasteiger partial charge in [-0.25, -0.2) is 0 Å². The van der Waals surface area contributed by atoms with Gasteiger partial charge in [0.05, 0.1) is 17.3 Å². The van der Waals surface area contributed by atoms with Gasteiger partial charge in [0.2, 0.25) is 0 Å². The first-order chi connectivity index (χ1) is 10.2. The Balaban J connectivity index is 1.82. The van der Waals surface area contributed by atoms with E-state index in [2.05, 4.69) is 30.2 Å². The van der Waals surface area contributed by atoms with Gasteiger partial charge in [-0.05, 0) is 56.7 Å². The van der Waals surface area contributed by atoms with Gasteiger partial charge in [0.25, 0.3) is 0 Å². The zero-order valence-electron chi connectivity index (χ0n) is 13.4. The molecule has 0 radical (unpaired) electrons. The fourth-order valence-corrected chi connectivity index (χ4v) is 4.25. The fourth-order valence-electron chi connectivity index (χ4n) is 4.25. The molecule has 3 heteroatoms. The Labute approximate surface area is 128 Å². The van der Waals surface area contributed by atoms with Crippen molar-refractivity contribution >= 4 is 0 Å². The molecule has 1 aromatic heterocycles. The van der Waals surface area contributed by atoms with Crippen LogP contribution in [0, 0.1) is 12.8 Å². The molecule has 2 fully saturated rings. The number of hydrogen-bond donors (Lipinski definition) is 1. The van der Waals surface area contributed by atoms with Crippen molar-refractivity contribution < 1.29 is 4.74 Å². The van der Waals surface area contributed by atoms with E-state index in [9.17, 15) is 0 Å². The molecule has 1 spiro atoms. The van der Waals surface area contributed by atoms with Crippen molar-refractivity contribution in [3.05, 3.63) is 29.6 Å². The summed E-state index contributed by atoms with van der Waals surface area (Å²) in [4.78, 5) is 4.68. The Morgan fingerprint density at radius 3 is 2.95 bits per heavy atom. The van der Waals surface area contributed by atoms with Crippen LogP contribution in [0.4, 0.5) is 0 Å². The zero-order chi connectivity index (χ0) is 14.7. The molecule has 2 aliphatic rings. The second kappa shape index (κ2) is 6.45. The highest BCUT2D eigenvalue weighted by molar-refractivity contribution is 5.22. The van der Waals surface area contributed by atoms with Gasteiger partial charge < -0.3 is 10.1 Å². The zero-order valence-corrected chi connectivity index (χ0v) is 13.4. The Morgan fingerprint density at radius 1 is 1.43 bits per heavy atom. The first kappa shape index (κ1) is 15.0. The summed E-state index contributed by atoms with van der Waals surface area (Å²) >= 11 is 0. The summed E-state index contributed by atoms with van der Waals surface area (Å²) in [7, 11) is 0. The monoisotopic (exact) mass is 288 g/mol. The maximum absolute atomic E-state index is 6.20. The number of nitrogens with zero attached hydrogens (tertiary/aromatic N) is 1. The number of hydrogen-bond acceptors (Lipinski definition) is 3. The van der Waals surface area contributed by atoms with E-state index in [0.717, 1.165) is 19.6 Å². The minimum Gasteiger partial charge on any atom is -0.375 e. The average molecular weight is 288 g/mol. The summed E-state index contributed by atoms with van der Waals surface area (Å²) in [6.45, 7) is 6.27. The van der Waals surface area contributed by atoms with Gasteiger partial charge in [0.15, 0.2) is 0 Å². The number of nitrogens with one attached hydrogen (secondary N) is 1. The van der Waals surface area contributed by atoms with Crippen LogP contribution in [-0.4, -0.2) is 23.7 Å². The quantitative estimate of drug-likeness (QED) is 0.915. The third-order valence-electron chi connectivity index (χ3n) is 5.29. The SMILES string of the molecule is CCNC(c1ncccc1C)C1CCOC2(CCCC2)C1. The number of aromatic nitrogens is 1. The van der Waals surface area contributed by atoms with Gasteiger partial charge in [-0.15, -0.1) is 0 Å². The lowest BCUT2D eigenvalue weighted by molar-refractivity contribution is -0.0983. The highest BCUT2D eigenvalue weighted by Crippen LogP contribution is 2.45. The van der Waals surface area contributed by atoms with Gasteiger partial charge in [-0.2, -0.15) is 0 Å². The molecule has 1 N–H and O–H groups in total. The maximum Gasteiger partial charge on any atom is 0.0686 e. The smallest absolute Gasteiger partial charge is 0.0686 e. The van der Waals surface area contributed by atoms with Crippen LogP contribution in [0.3, 0.4) is 0 Å². The van der Waals surface area contributed by atoms with E-state index in [1.807, 2.05) is 12.3 Å². The minimum absolute atomic E-state index is 0.180. The molecule has 116 valence electrons. The van der Waals surface area contributed by atoms with Crippen LogP contribution in [-0.2, 0) is 4.74 Å². The normalized spacial score (nSPS) is 26.1. The third-order valence-corrected chi connectivity index (χ3v) is 5.29. The van der Waals surface area contributed by atoms with E-state index in [1.54, 1.807) is 0 Å². The second-order valence-corrected chi connectivity index (χ2v) is 6.73. The number of aryl methyl sites for hydroxylation is 1. The van der Waals surface area contributed by atoms with Crippen molar-refractivity contribution in [2.45, 2.75) is 64.0 Å². The summed E-state index contributed by atoms with van der Waals surface area (Å²) in [5, 5.41) is 3.70. The van der Waals surface area contributed by atoms with Crippen LogP contribution < -0.4 is 5.32 Å². The van der Waals surface area contributed by atoms with Crippen molar-refractivity contribution in [3.63, 3.8) is 0 Å². The molecule has 0 bridgehead atoms. The Bertz CT molecular complexity index is 468. The second-order valence-electron chi connectivity index (χ2n) is 6.73. The van der Waals surface area contributed by atoms with Crippen LogP contribution >= 0.6 is 0 Å². The molecule has 1 aromatic rings. The van der Waals surface area contributed by atoms with Crippen molar-refractivity contribution in [3.8, 4) is 0 Å². The van der Waals surface area contributed by atoms with E-state index >= 15 is 0 Å². The molecule has 2 atom stereocenters. The molecule has 1 aliphatic carbocycles. The number of rotatable bonds is 4. The molecule has 21 heavy (non-hydrogen) atoms. The van der Waals surface area contributed by atoms with Crippen LogP contribution in [0.25, 0.3) is 0 Å². The van der Waals surface area contributed by atoms with Crippen LogP contribution in [0.5, 0.6) is 0 Å². The molecule has 3 rings (SSSR count). The molecule has 1 saturated carbocycles. The molecule has 1 saturated heterocycles. The molecule has 2 unspecified atom stereocenters. The van der Waals surface area contributed by atoms with Gasteiger partial charge in [0.1, 0.15) is 0 Å². The predicted octanol–water partition coefficient (Wildman–Crippen LogP) is 3.78. The summed E-state index contributed by atoms with van der Waals surface area (Å²) in [5.41, 5.74) is 2.72. The first-order valence-corrected chi connectivity index (χ1v) is 8.53. The third kappa shape index (κ3) is 3.14. The van der Waals surface area contributed by atoms with Gasteiger partial charge in [-0.3, -0.25) is 4.98 Å². The predicted molar refractivity (Wildman–Crippen MR) is 85.3 cm³/mol. The van der Waals surface area contributed by atoms with Gasteiger partial charge >= 0.3 is 0 Å². The van der Waals surface area contributed by atoms with Gasteiger partial charge in [0, 0.05) is 12.8 Å². The van der Waals surface area contributed by atoms with Gasteiger partial charge in [-0.1, -0.05) is 25.8 Å². The van der Waals surface area contributed by atoms with Crippen LogP contribution in [0.2, 0.25) is 0 Å². The van der Waals surface area contributed by atoms with Crippen LogP contribution in [0.1, 0.15) is 62.7 Å². The van der Waals surface area contributed by atoms with E-state index in [-0.39, 0.29) is 5.60 Å². The Hall–Kier alpha value is -0.930. The fraction of sp³-hybridized carbons (Fsp3) is 0.722. The minimum atomic E-state index is 0.180. The standard InChI is InChI=1S/C18H28N2O/c1-3-19-17(16-14(2)7-6-11-20-16)15-8-12-21-18(13-15)9-4-5-10-18/h6-7,11,15,17,19H,3-5,8-10,12-13H2,1-2H3. The molecule has 3 nitrogen and oxygen atoms in total. The Kier molecular flexibility index (Phi) is 4.60.